The van der Waals surface area contributed by atoms with E-state index in [1.54, 1.807) is 4.68 Å². The molecule has 1 amide bonds. The summed E-state index contributed by atoms with van der Waals surface area (Å²) in [6, 6.07) is 7.52. The van der Waals surface area contributed by atoms with Gasteiger partial charge in [0.1, 0.15) is 6.10 Å². The highest BCUT2D eigenvalue weighted by Gasteiger charge is 2.27. The van der Waals surface area contributed by atoms with Crippen molar-refractivity contribution in [1.82, 2.24) is 20.3 Å². The number of ether oxygens (including phenoxy) is 1. The van der Waals surface area contributed by atoms with Crippen LogP contribution in [0.3, 0.4) is 0 Å². The van der Waals surface area contributed by atoms with Crippen molar-refractivity contribution < 1.29 is 9.53 Å². The van der Waals surface area contributed by atoms with Crippen molar-refractivity contribution in [3.63, 3.8) is 0 Å². The van der Waals surface area contributed by atoms with E-state index in [1.165, 1.54) is 0 Å². The van der Waals surface area contributed by atoms with E-state index in [2.05, 4.69) is 15.6 Å². The van der Waals surface area contributed by atoms with Crippen molar-refractivity contribution >= 4 is 17.5 Å². The van der Waals surface area contributed by atoms with Gasteiger partial charge in [0.25, 0.3) is 5.91 Å². The van der Waals surface area contributed by atoms with Crippen LogP contribution in [-0.4, -0.2) is 27.4 Å². The molecule has 2 aromatic rings. The van der Waals surface area contributed by atoms with Gasteiger partial charge in [-0.25, -0.2) is 4.68 Å². The number of nitrogens with zero attached hydrogens (tertiary/aromatic N) is 3. The minimum absolute atomic E-state index is 0.112. The smallest absolute Gasteiger partial charge is 0.273 e. The third-order valence-electron chi connectivity index (χ3n) is 3.39. The van der Waals surface area contributed by atoms with Gasteiger partial charge in [-0.3, -0.25) is 4.79 Å². The fraction of sp³-hybridized carbons (Fsp3) is 0.357. The largest absolute Gasteiger partial charge is 0.365 e. The molecule has 21 heavy (non-hydrogen) atoms. The van der Waals surface area contributed by atoms with Gasteiger partial charge < -0.3 is 10.1 Å². The Hall–Kier alpha value is -1.92. The number of benzene rings is 1. The second kappa shape index (κ2) is 5.83. The molecule has 0 saturated heterocycles. The van der Waals surface area contributed by atoms with Crippen molar-refractivity contribution in [3.05, 3.63) is 46.2 Å². The van der Waals surface area contributed by atoms with Gasteiger partial charge in [0.15, 0.2) is 5.69 Å². The standard InChI is InChI=1S/C14H15ClN4O2/c1-2-16-14(20)13-11-8-21-12(7-19(11)18-17-13)9-3-5-10(15)6-4-9/h3-6,12H,2,7-8H2,1H3,(H,16,20)/t12-/m0/s1. The van der Waals surface area contributed by atoms with E-state index in [0.29, 0.717) is 36.1 Å². The molecule has 1 aliphatic rings. The molecule has 7 heteroatoms. The summed E-state index contributed by atoms with van der Waals surface area (Å²) in [5.41, 5.74) is 2.08. The third kappa shape index (κ3) is 2.77. The number of hydrogen-bond donors (Lipinski definition) is 1. The number of rotatable bonds is 3. The number of halogens is 1. The Morgan fingerprint density at radius 2 is 2.24 bits per heavy atom. The van der Waals surface area contributed by atoms with Gasteiger partial charge >= 0.3 is 0 Å². The predicted molar refractivity (Wildman–Crippen MR) is 77.0 cm³/mol. The zero-order valence-electron chi connectivity index (χ0n) is 11.5. The van der Waals surface area contributed by atoms with E-state index >= 15 is 0 Å². The average Bonchev–Trinajstić information content (AvgIpc) is 2.91. The fourth-order valence-corrected chi connectivity index (χ4v) is 2.44. The molecule has 0 fully saturated rings. The maximum Gasteiger partial charge on any atom is 0.273 e. The summed E-state index contributed by atoms with van der Waals surface area (Å²) < 4.78 is 7.56. The molecule has 0 aliphatic carbocycles. The van der Waals surface area contributed by atoms with Crippen LogP contribution in [-0.2, 0) is 17.9 Å². The number of amides is 1. The topological polar surface area (TPSA) is 69.0 Å². The maximum atomic E-state index is 11.9. The number of aromatic nitrogens is 3. The van der Waals surface area contributed by atoms with Crippen LogP contribution in [0.15, 0.2) is 24.3 Å². The van der Waals surface area contributed by atoms with Crippen molar-refractivity contribution in [1.29, 1.82) is 0 Å². The number of hydrogen-bond acceptors (Lipinski definition) is 4. The van der Waals surface area contributed by atoms with Gasteiger partial charge in [0, 0.05) is 11.6 Å². The van der Waals surface area contributed by atoms with Crippen LogP contribution in [0.25, 0.3) is 0 Å². The first-order valence-corrected chi connectivity index (χ1v) is 7.14. The van der Waals surface area contributed by atoms with Crippen LogP contribution in [0.1, 0.15) is 34.8 Å². The zero-order valence-corrected chi connectivity index (χ0v) is 12.3. The van der Waals surface area contributed by atoms with Crippen LogP contribution >= 0.6 is 11.6 Å². The van der Waals surface area contributed by atoms with Crippen LogP contribution in [0.5, 0.6) is 0 Å². The summed E-state index contributed by atoms with van der Waals surface area (Å²) in [6.45, 7) is 3.26. The first kappa shape index (κ1) is 14.0. The fourth-order valence-electron chi connectivity index (χ4n) is 2.31. The van der Waals surface area contributed by atoms with Crippen LogP contribution in [0.2, 0.25) is 5.02 Å². The molecule has 6 nitrogen and oxygen atoms in total. The van der Waals surface area contributed by atoms with Gasteiger partial charge in [0.2, 0.25) is 0 Å². The number of fused-ring (bicyclic) bond motifs is 1. The lowest BCUT2D eigenvalue weighted by Gasteiger charge is -2.24. The lowest BCUT2D eigenvalue weighted by molar-refractivity contribution is -0.00176. The van der Waals surface area contributed by atoms with E-state index in [4.69, 9.17) is 16.3 Å². The lowest BCUT2D eigenvalue weighted by Crippen LogP contribution is -2.27. The summed E-state index contributed by atoms with van der Waals surface area (Å²) in [4.78, 5) is 11.9. The maximum absolute atomic E-state index is 11.9. The molecule has 0 saturated carbocycles. The molecular formula is C14H15ClN4O2. The highest BCUT2D eigenvalue weighted by atomic mass is 35.5. The van der Waals surface area contributed by atoms with Crippen LogP contribution in [0, 0.1) is 0 Å². The second-order valence-electron chi connectivity index (χ2n) is 4.78. The predicted octanol–water partition coefficient (Wildman–Crippen LogP) is 1.95. The van der Waals surface area contributed by atoms with Gasteiger partial charge in [-0.1, -0.05) is 28.9 Å². The molecule has 0 spiro atoms. The first-order valence-electron chi connectivity index (χ1n) is 6.76. The molecule has 0 bridgehead atoms. The van der Waals surface area contributed by atoms with E-state index in [1.807, 2.05) is 31.2 Å². The zero-order chi connectivity index (χ0) is 14.8. The molecule has 110 valence electrons. The highest BCUT2D eigenvalue weighted by Crippen LogP contribution is 2.27. The molecule has 1 atom stereocenters. The summed E-state index contributed by atoms with van der Waals surface area (Å²) in [6.07, 6.45) is -0.112. The molecule has 0 unspecified atom stereocenters. The minimum Gasteiger partial charge on any atom is -0.365 e. The number of carbonyl (C=O) groups excluding carboxylic acids is 1. The first-order chi connectivity index (χ1) is 10.2. The third-order valence-corrected chi connectivity index (χ3v) is 3.64. The van der Waals surface area contributed by atoms with Gasteiger partial charge in [0.05, 0.1) is 18.8 Å². The Labute approximate surface area is 127 Å². The Balaban J connectivity index is 1.80. The Morgan fingerprint density at radius 1 is 1.48 bits per heavy atom. The molecule has 3 rings (SSSR count). The van der Waals surface area contributed by atoms with E-state index in [-0.39, 0.29) is 12.0 Å². The van der Waals surface area contributed by atoms with E-state index in [9.17, 15) is 4.79 Å². The monoisotopic (exact) mass is 306 g/mol. The average molecular weight is 307 g/mol. The normalized spacial score (nSPS) is 17.3. The van der Waals surface area contributed by atoms with Crippen molar-refractivity contribution in [2.24, 2.45) is 0 Å². The number of nitrogens with one attached hydrogen (secondary N) is 1. The highest BCUT2D eigenvalue weighted by molar-refractivity contribution is 6.30. The molecule has 2 heterocycles. The Bertz CT molecular complexity index is 653. The van der Waals surface area contributed by atoms with E-state index in [0.717, 1.165) is 5.56 Å². The molecular weight excluding hydrogens is 292 g/mol. The van der Waals surface area contributed by atoms with Gasteiger partial charge in [-0.15, -0.1) is 5.10 Å². The Kier molecular flexibility index (Phi) is 3.90. The molecule has 1 aromatic carbocycles. The summed E-state index contributed by atoms with van der Waals surface area (Å²) in [5, 5.41) is 11.4. The Morgan fingerprint density at radius 3 is 2.95 bits per heavy atom. The van der Waals surface area contributed by atoms with Gasteiger partial charge in [-0.05, 0) is 24.6 Å². The SMILES string of the molecule is CCNC(=O)c1nnn2c1CO[C@H](c1ccc(Cl)cc1)C2. The minimum atomic E-state index is -0.215. The number of carbonyl (C=O) groups is 1. The van der Waals surface area contributed by atoms with Crippen molar-refractivity contribution in [3.8, 4) is 0 Å². The summed E-state index contributed by atoms with van der Waals surface area (Å²) >= 11 is 5.89. The molecule has 1 N–H and O–H groups in total. The quantitative estimate of drug-likeness (QED) is 0.941. The molecule has 0 radical (unpaired) electrons. The van der Waals surface area contributed by atoms with Gasteiger partial charge in [-0.2, -0.15) is 0 Å². The van der Waals surface area contributed by atoms with Crippen LogP contribution in [0.4, 0.5) is 0 Å². The second-order valence-corrected chi connectivity index (χ2v) is 5.21. The molecule has 1 aliphatic heterocycles. The van der Waals surface area contributed by atoms with E-state index < -0.39 is 0 Å². The molecule has 1 aromatic heterocycles. The van der Waals surface area contributed by atoms with Crippen molar-refractivity contribution in [2.75, 3.05) is 6.54 Å². The lowest BCUT2D eigenvalue weighted by atomic mass is 10.1. The van der Waals surface area contributed by atoms with Crippen molar-refractivity contribution in [2.45, 2.75) is 26.2 Å². The van der Waals surface area contributed by atoms with Crippen LogP contribution < -0.4 is 5.32 Å². The summed E-state index contributed by atoms with van der Waals surface area (Å²) in [5.74, 6) is -0.215. The summed E-state index contributed by atoms with van der Waals surface area (Å²) in [7, 11) is 0.